The maximum Gasteiger partial charge on any atom is 0.263 e. The highest BCUT2D eigenvalue weighted by atomic mass is 16.3. The van der Waals surface area contributed by atoms with E-state index < -0.39 is 0 Å². The molecule has 0 aliphatic rings. The van der Waals surface area contributed by atoms with Crippen LogP contribution < -0.4 is 5.56 Å². The van der Waals surface area contributed by atoms with Crippen molar-refractivity contribution in [2.45, 2.75) is 0 Å². The number of nitrogens with zero attached hydrogens (tertiary/aromatic N) is 1. The number of hydrogen-bond acceptors (Lipinski definition) is 2. The van der Waals surface area contributed by atoms with Crippen molar-refractivity contribution >= 4 is 10.8 Å². The molecule has 4 aromatic rings. The molecule has 0 fully saturated rings. The van der Waals surface area contributed by atoms with Crippen molar-refractivity contribution in [1.29, 1.82) is 0 Å². The van der Waals surface area contributed by atoms with Crippen molar-refractivity contribution in [2.75, 3.05) is 0 Å². The Hall–Kier alpha value is -3.33. The number of rotatable bonds is 2. The Bertz CT molecular complexity index is 1080. The third-order valence-electron chi connectivity index (χ3n) is 4.12. The van der Waals surface area contributed by atoms with Crippen molar-refractivity contribution in [3.8, 4) is 22.7 Å². The van der Waals surface area contributed by atoms with E-state index in [4.69, 9.17) is 0 Å². The van der Waals surface area contributed by atoms with Crippen LogP contribution in [0.3, 0.4) is 0 Å². The SMILES string of the molecule is O=c1c2ccccc2cc(-c2ccccc2O)n1-c1ccccc1. The molecular weight excluding hydrogens is 298 g/mol. The molecule has 4 rings (SSSR count). The number of para-hydroxylation sites is 2. The highest BCUT2D eigenvalue weighted by Gasteiger charge is 2.14. The van der Waals surface area contributed by atoms with Gasteiger partial charge < -0.3 is 5.11 Å². The molecule has 0 unspecified atom stereocenters. The van der Waals surface area contributed by atoms with Crippen LogP contribution in [0, 0.1) is 0 Å². The van der Waals surface area contributed by atoms with Crippen LogP contribution in [-0.2, 0) is 0 Å². The van der Waals surface area contributed by atoms with Gasteiger partial charge in [-0.15, -0.1) is 0 Å². The molecule has 0 aliphatic heterocycles. The van der Waals surface area contributed by atoms with Gasteiger partial charge in [0.15, 0.2) is 0 Å². The summed E-state index contributed by atoms with van der Waals surface area (Å²) in [7, 11) is 0. The van der Waals surface area contributed by atoms with Gasteiger partial charge in [-0.3, -0.25) is 9.36 Å². The van der Waals surface area contributed by atoms with Crippen LogP contribution in [0.2, 0.25) is 0 Å². The zero-order chi connectivity index (χ0) is 16.5. The molecule has 0 aliphatic carbocycles. The van der Waals surface area contributed by atoms with E-state index in [1.165, 1.54) is 0 Å². The van der Waals surface area contributed by atoms with E-state index in [9.17, 15) is 9.90 Å². The Labute approximate surface area is 139 Å². The van der Waals surface area contributed by atoms with Crippen LogP contribution in [0.15, 0.2) is 89.7 Å². The van der Waals surface area contributed by atoms with Gasteiger partial charge >= 0.3 is 0 Å². The summed E-state index contributed by atoms with van der Waals surface area (Å²) in [6.45, 7) is 0. The number of pyridine rings is 1. The number of fused-ring (bicyclic) bond motifs is 1. The van der Waals surface area contributed by atoms with Gasteiger partial charge in [-0.1, -0.05) is 48.5 Å². The predicted octanol–water partition coefficient (Wildman–Crippen LogP) is 4.36. The van der Waals surface area contributed by atoms with Gasteiger partial charge in [-0.25, -0.2) is 0 Å². The van der Waals surface area contributed by atoms with Crippen LogP contribution in [0.25, 0.3) is 27.7 Å². The third-order valence-corrected chi connectivity index (χ3v) is 4.12. The van der Waals surface area contributed by atoms with Gasteiger partial charge in [0.05, 0.1) is 5.69 Å². The average Bonchev–Trinajstić information content (AvgIpc) is 2.63. The minimum Gasteiger partial charge on any atom is -0.507 e. The highest BCUT2D eigenvalue weighted by molar-refractivity contribution is 5.87. The van der Waals surface area contributed by atoms with Crippen molar-refractivity contribution in [3.63, 3.8) is 0 Å². The van der Waals surface area contributed by atoms with E-state index >= 15 is 0 Å². The van der Waals surface area contributed by atoms with Gasteiger partial charge in [0, 0.05) is 16.6 Å². The fourth-order valence-electron chi connectivity index (χ4n) is 2.98. The lowest BCUT2D eigenvalue weighted by molar-refractivity contribution is 0.477. The predicted molar refractivity (Wildman–Crippen MR) is 96.6 cm³/mol. The van der Waals surface area contributed by atoms with Crippen molar-refractivity contribution in [1.82, 2.24) is 4.57 Å². The first kappa shape index (κ1) is 14.3. The van der Waals surface area contributed by atoms with Crippen molar-refractivity contribution < 1.29 is 5.11 Å². The Balaban J connectivity index is 2.16. The monoisotopic (exact) mass is 313 g/mol. The second-order valence-corrected chi connectivity index (χ2v) is 5.61. The van der Waals surface area contributed by atoms with E-state index in [2.05, 4.69) is 0 Å². The lowest BCUT2D eigenvalue weighted by Gasteiger charge is -2.15. The van der Waals surface area contributed by atoms with E-state index in [1.807, 2.05) is 72.8 Å². The smallest absolute Gasteiger partial charge is 0.263 e. The molecule has 1 aromatic heterocycles. The van der Waals surface area contributed by atoms with Crippen molar-refractivity contribution in [2.24, 2.45) is 0 Å². The first-order valence-corrected chi connectivity index (χ1v) is 7.74. The summed E-state index contributed by atoms with van der Waals surface area (Å²) in [5.41, 5.74) is 1.97. The molecule has 3 heteroatoms. The Morgan fingerprint density at radius 1 is 0.750 bits per heavy atom. The first-order chi connectivity index (χ1) is 11.8. The first-order valence-electron chi connectivity index (χ1n) is 7.74. The molecule has 0 saturated heterocycles. The molecule has 0 atom stereocenters. The Morgan fingerprint density at radius 3 is 2.21 bits per heavy atom. The number of phenolic OH excluding ortho intramolecular Hbond substituents is 1. The quantitative estimate of drug-likeness (QED) is 0.597. The summed E-state index contributed by atoms with van der Waals surface area (Å²) in [6.07, 6.45) is 0. The molecule has 0 saturated carbocycles. The topological polar surface area (TPSA) is 42.2 Å². The number of aromatic hydroxyl groups is 1. The summed E-state index contributed by atoms with van der Waals surface area (Å²) >= 11 is 0. The largest absolute Gasteiger partial charge is 0.507 e. The number of phenols is 1. The van der Waals surface area contributed by atoms with Crippen LogP contribution in [0.5, 0.6) is 5.75 Å². The zero-order valence-electron chi connectivity index (χ0n) is 12.9. The molecule has 3 aromatic carbocycles. The molecule has 0 bridgehead atoms. The fraction of sp³-hybridized carbons (Fsp3) is 0. The fourth-order valence-corrected chi connectivity index (χ4v) is 2.98. The summed E-state index contributed by atoms with van der Waals surface area (Å²) in [4.78, 5) is 13.1. The van der Waals surface area contributed by atoms with Gasteiger partial charge in [-0.05, 0) is 41.8 Å². The summed E-state index contributed by atoms with van der Waals surface area (Å²) in [5, 5.41) is 11.8. The Kier molecular flexibility index (Phi) is 3.39. The molecule has 24 heavy (non-hydrogen) atoms. The minimum atomic E-state index is -0.0995. The van der Waals surface area contributed by atoms with Crippen LogP contribution in [0.1, 0.15) is 0 Å². The van der Waals surface area contributed by atoms with Gasteiger partial charge in [0.1, 0.15) is 5.75 Å². The standard InChI is InChI=1S/C21H15NO2/c23-20-13-7-6-12-18(20)19-14-15-8-4-5-11-17(15)21(24)22(19)16-9-2-1-3-10-16/h1-14,23H. The second-order valence-electron chi connectivity index (χ2n) is 5.61. The molecule has 0 amide bonds. The number of benzene rings is 3. The van der Waals surface area contributed by atoms with Crippen LogP contribution >= 0.6 is 0 Å². The maximum absolute atomic E-state index is 13.1. The average molecular weight is 313 g/mol. The van der Waals surface area contributed by atoms with Crippen LogP contribution in [-0.4, -0.2) is 9.67 Å². The molecular formula is C21H15NO2. The minimum absolute atomic E-state index is 0.0995. The lowest BCUT2D eigenvalue weighted by Crippen LogP contribution is -2.20. The van der Waals surface area contributed by atoms with E-state index in [1.54, 1.807) is 16.7 Å². The number of aromatic nitrogens is 1. The van der Waals surface area contributed by atoms with Gasteiger partial charge in [0.2, 0.25) is 0 Å². The summed E-state index contributed by atoms with van der Waals surface area (Å²) < 4.78 is 1.65. The lowest BCUT2D eigenvalue weighted by atomic mass is 10.0. The summed E-state index contributed by atoms with van der Waals surface area (Å²) in [6, 6.07) is 26.0. The Morgan fingerprint density at radius 2 is 1.42 bits per heavy atom. The molecule has 0 radical (unpaired) electrons. The van der Waals surface area contributed by atoms with Gasteiger partial charge in [-0.2, -0.15) is 0 Å². The normalized spacial score (nSPS) is 10.8. The molecule has 0 spiro atoms. The highest BCUT2D eigenvalue weighted by Crippen LogP contribution is 2.31. The third kappa shape index (κ3) is 2.27. The number of hydrogen-bond donors (Lipinski definition) is 1. The van der Waals surface area contributed by atoms with E-state index in [-0.39, 0.29) is 11.3 Å². The van der Waals surface area contributed by atoms with E-state index in [0.29, 0.717) is 16.6 Å². The summed E-state index contributed by atoms with van der Waals surface area (Å²) in [5.74, 6) is 0.150. The second kappa shape index (κ2) is 5.70. The maximum atomic E-state index is 13.1. The van der Waals surface area contributed by atoms with Gasteiger partial charge in [0.25, 0.3) is 5.56 Å². The molecule has 116 valence electrons. The molecule has 1 N–H and O–H groups in total. The van der Waals surface area contributed by atoms with E-state index in [0.717, 1.165) is 11.1 Å². The van der Waals surface area contributed by atoms with Crippen molar-refractivity contribution in [3.05, 3.63) is 95.3 Å². The van der Waals surface area contributed by atoms with Crippen LogP contribution in [0.4, 0.5) is 0 Å². The molecule has 1 heterocycles. The zero-order valence-corrected chi connectivity index (χ0v) is 12.9. The molecule has 3 nitrogen and oxygen atoms in total.